The quantitative estimate of drug-likeness (QED) is 0.832. The van der Waals surface area contributed by atoms with Crippen LogP contribution in [0.2, 0.25) is 0 Å². The van der Waals surface area contributed by atoms with Crippen molar-refractivity contribution >= 4 is 22.7 Å². The highest BCUT2D eigenvalue weighted by Gasteiger charge is 2.43. The summed E-state index contributed by atoms with van der Waals surface area (Å²) < 4.78 is 0. The Bertz CT molecular complexity index is 898. The molecule has 3 heterocycles. The first-order valence-electron chi connectivity index (χ1n) is 9.33. The largest absolute Gasteiger partial charge is 0.358 e. The smallest absolute Gasteiger partial charge is 0.246 e. The average Bonchev–Trinajstić information content (AvgIpc) is 3.24. The summed E-state index contributed by atoms with van der Waals surface area (Å²) in [6.45, 7) is 8.92. The van der Waals surface area contributed by atoms with Crippen LogP contribution in [0.5, 0.6) is 0 Å². The van der Waals surface area contributed by atoms with Gasteiger partial charge >= 0.3 is 0 Å². The second kappa shape index (κ2) is 6.31. The van der Waals surface area contributed by atoms with Crippen molar-refractivity contribution in [1.82, 2.24) is 15.2 Å². The van der Waals surface area contributed by atoms with Gasteiger partial charge in [0.1, 0.15) is 12.1 Å². The number of nitrogens with zero attached hydrogens (tertiary/aromatic N) is 1. The Morgan fingerprint density at radius 2 is 2.12 bits per heavy atom. The fraction of sp³-hybridized carbons (Fsp3) is 0.429. The van der Waals surface area contributed by atoms with E-state index >= 15 is 0 Å². The van der Waals surface area contributed by atoms with E-state index in [4.69, 9.17) is 0 Å². The molecule has 2 saturated heterocycles. The van der Waals surface area contributed by atoms with Crippen LogP contribution >= 0.6 is 0 Å². The zero-order valence-electron chi connectivity index (χ0n) is 15.3. The lowest BCUT2D eigenvalue weighted by Crippen LogP contribution is -2.61. The topological polar surface area (TPSA) is 65.2 Å². The van der Waals surface area contributed by atoms with Crippen LogP contribution in [0.4, 0.5) is 0 Å². The Morgan fingerprint density at radius 3 is 2.88 bits per heavy atom. The minimum absolute atomic E-state index is 0.0126. The summed E-state index contributed by atoms with van der Waals surface area (Å²) in [7, 11) is 0. The van der Waals surface area contributed by atoms with E-state index in [0.717, 1.165) is 40.6 Å². The zero-order chi connectivity index (χ0) is 18.4. The third-order valence-electron chi connectivity index (χ3n) is 5.88. The predicted molar refractivity (Wildman–Crippen MR) is 102 cm³/mol. The van der Waals surface area contributed by atoms with Crippen LogP contribution in [0.3, 0.4) is 0 Å². The summed E-state index contributed by atoms with van der Waals surface area (Å²) in [6, 6.07) is 7.37. The van der Waals surface area contributed by atoms with Crippen molar-refractivity contribution in [2.24, 2.45) is 0 Å². The van der Waals surface area contributed by atoms with Crippen molar-refractivity contribution in [3.05, 3.63) is 47.7 Å². The molecule has 3 atom stereocenters. The third kappa shape index (κ3) is 2.62. The Labute approximate surface area is 153 Å². The number of para-hydroxylation sites is 1. The minimum Gasteiger partial charge on any atom is -0.358 e. The van der Waals surface area contributed by atoms with E-state index in [1.807, 2.05) is 25.1 Å². The highest BCUT2D eigenvalue weighted by molar-refractivity contribution is 5.98. The molecule has 0 spiro atoms. The molecule has 0 saturated carbocycles. The maximum atomic E-state index is 12.9. The molecule has 2 amide bonds. The first-order valence-corrected chi connectivity index (χ1v) is 9.33. The van der Waals surface area contributed by atoms with E-state index in [9.17, 15) is 9.59 Å². The molecule has 3 unspecified atom stereocenters. The molecule has 2 fully saturated rings. The number of rotatable bonds is 4. The SMILES string of the molecule is C=C(C)C(C)c1[nH]c2ccccc2c1CC1NC(=O)C2CCCN2C1=O. The van der Waals surface area contributed by atoms with Crippen LogP contribution in [0, 0.1) is 0 Å². The van der Waals surface area contributed by atoms with E-state index in [-0.39, 0.29) is 23.8 Å². The van der Waals surface area contributed by atoms with Gasteiger partial charge in [-0.15, -0.1) is 0 Å². The number of nitrogens with one attached hydrogen (secondary N) is 2. The molecule has 2 N–H and O–H groups in total. The molecule has 2 aliphatic heterocycles. The van der Waals surface area contributed by atoms with Crippen molar-refractivity contribution in [2.75, 3.05) is 6.54 Å². The standard InChI is InChI=1S/C21H25N3O2/c1-12(2)13(3)19-15(14-7-4-5-8-16(14)22-19)11-17-21(26)24-10-6-9-18(24)20(25)23-17/h4-5,7-8,13,17-18,22H,1,6,9-11H2,2-3H3,(H,23,25). The molecule has 136 valence electrons. The fourth-order valence-electron chi connectivity index (χ4n) is 4.23. The maximum Gasteiger partial charge on any atom is 0.246 e. The Morgan fingerprint density at radius 1 is 1.35 bits per heavy atom. The Balaban J connectivity index is 1.72. The van der Waals surface area contributed by atoms with Crippen LogP contribution in [-0.2, 0) is 16.0 Å². The average molecular weight is 351 g/mol. The number of hydrogen-bond donors (Lipinski definition) is 2. The van der Waals surface area contributed by atoms with Crippen molar-refractivity contribution in [1.29, 1.82) is 0 Å². The van der Waals surface area contributed by atoms with E-state index in [1.54, 1.807) is 4.90 Å². The number of H-pyrrole nitrogens is 1. The number of amides is 2. The van der Waals surface area contributed by atoms with Crippen LogP contribution in [0.25, 0.3) is 10.9 Å². The summed E-state index contributed by atoms with van der Waals surface area (Å²) in [5, 5.41) is 4.08. The number of benzene rings is 1. The maximum absolute atomic E-state index is 12.9. The number of piperazine rings is 1. The lowest BCUT2D eigenvalue weighted by Gasteiger charge is -2.34. The molecular formula is C21H25N3O2. The molecule has 5 heteroatoms. The third-order valence-corrected chi connectivity index (χ3v) is 5.88. The number of carbonyl (C=O) groups is 2. The highest BCUT2D eigenvalue weighted by atomic mass is 16.2. The number of allylic oxidation sites excluding steroid dienone is 1. The molecule has 4 rings (SSSR count). The second-order valence-corrected chi connectivity index (χ2v) is 7.59. The van der Waals surface area contributed by atoms with E-state index in [1.165, 1.54) is 0 Å². The van der Waals surface area contributed by atoms with Gasteiger partial charge in [0.15, 0.2) is 0 Å². The normalized spacial score (nSPS) is 23.8. The monoisotopic (exact) mass is 351 g/mol. The Hall–Kier alpha value is -2.56. The van der Waals surface area contributed by atoms with Gasteiger partial charge in [-0.2, -0.15) is 0 Å². The number of fused-ring (bicyclic) bond motifs is 2. The molecule has 2 aromatic rings. The lowest BCUT2D eigenvalue weighted by molar-refractivity contribution is -0.146. The molecule has 0 radical (unpaired) electrons. The number of aromatic amines is 1. The summed E-state index contributed by atoms with van der Waals surface area (Å²) in [4.78, 5) is 30.6. The molecule has 0 aliphatic carbocycles. The Kier molecular flexibility index (Phi) is 4.10. The number of hydrogen-bond acceptors (Lipinski definition) is 2. The van der Waals surface area contributed by atoms with Gasteiger partial charge in [0, 0.05) is 35.5 Å². The van der Waals surface area contributed by atoms with Gasteiger partial charge in [-0.1, -0.05) is 37.3 Å². The fourth-order valence-corrected chi connectivity index (χ4v) is 4.23. The zero-order valence-corrected chi connectivity index (χ0v) is 15.3. The van der Waals surface area contributed by atoms with Gasteiger partial charge in [-0.05, 0) is 31.4 Å². The van der Waals surface area contributed by atoms with Crippen LogP contribution in [0.15, 0.2) is 36.4 Å². The number of carbonyl (C=O) groups excluding carboxylic acids is 2. The van der Waals surface area contributed by atoms with E-state index < -0.39 is 6.04 Å². The second-order valence-electron chi connectivity index (χ2n) is 7.59. The minimum atomic E-state index is -0.493. The van der Waals surface area contributed by atoms with E-state index in [0.29, 0.717) is 13.0 Å². The van der Waals surface area contributed by atoms with Gasteiger partial charge in [0.2, 0.25) is 11.8 Å². The molecule has 26 heavy (non-hydrogen) atoms. The first kappa shape index (κ1) is 16.9. The predicted octanol–water partition coefficient (Wildman–Crippen LogP) is 2.88. The molecule has 1 aromatic carbocycles. The molecule has 5 nitrogen and oxygen atoms in total. The molecule has 0 bridgehead atoms. The van der Waals surface area contributed by atoms with Gasteiger partial charge in [-0.3, -0.25) is 9.59 Å². The molecular weight excluding hydrogens is 326 g/mol. The first-order chi connectivity index (χ1) is 12.5. The summed E-state index contributed by atoms with van der Waals surface area (Å²) in [6.07, 6.45) is 2.18. The van der Waals surface area contributed by atoms with Crippen LogP contribution in [0.1, 0.15) is 43.9 Å². The molecule has 1 aromatic heterocycles. The van der Waals surface area contributed by atoms with Crippen molar-refractivity contribution < 1.29 is 9.59 Å². The van der Waals surface area contributed by atoms with Crippen LogP contribution in [-0.4, -0.2) is 40.3 Å². The summed E-state index contributed by atoms with van der Waals surface area (Å²) in [5.74, 6) is 0.194. The van der Waals surface area contributed by atoms with Crippen molar-refractivity contribution in [3.63, 3.8) is 0 Å². The summed E-state index contributed by atoms with van der Waals surface area (Å²) in [5.41, 5.74) is 4.31. The highest BCUT2D eigenvalue weighted by Crippen LogP contribution is 2.33. The van der Waals surface area contributed by atoms with Gasteiger partial charge in [-0.25, -0.2) is 0 Å². The van der Waals surface area contributed by atoms with Gasteiger partial charge < -0.3 is 15.2 Å². The van der Waals surface area contributed by atoms with Crippen LogP contribution < -0.4 is 5.32 Å². The van der Waals surface area contributed by atoms with Crippen molar-refractivity contribution in [2.45, 2.75) is 51.1 Å². The van der Waals surface area contributed by atoms with E-state index in [2.05, 4.69) is 29.9 Å². The molecule has 2 aliphatic rings. The number of aromatic nitrogens is 1. The lowest BCUT2D eigenvalue weighted by atomic mass is 9.92. The summed E-state index contributed by atoms with van der Waals surface area (Å²) >= 11 is 0. The van der Waals surface area contributed by atoms with Gasteiger partial charge in [0.05, 0.1) is 0 Å². The van der Waals surface area contributed by atoms with Gasteiger partial charge in [0.25, 0.3) is 0 Å². The van der Waals surface area contributed by atoms with Crippen molar-refractivity contribution in [3.8, 4) is 0 Å².